The van der Waals surface area contributed by atoms with E-state index >= 15 is 0 Å². The van der Waals surface area contributed by atoms with Gasteiger partial charge < -0.3 is 0 Å². The van der Waals surface area contributed by atoms with E-state index in [4.69, 9.17) is 0 Å². The van der Waals surface area contributed by atoms with Crippen LogP contribution >= 0.6 is 0 Å². The highest BCUT2D eigenvalue weighted by molar-refractivity contribution is 5.30. The summed E-state index contributed by atoms with van der Waals surface area (Å²) < 4.78 is 0. The number of benzene rings is 2. The zero-order valence-electron chi connectivity index (χ0n) is 17.6. The molecule has 0 spiro atoms. The summed E-state index contributed by atoms with van der Waals surface area (Å²) in [6.07, 6.45) is 7.29. The number of nitrogens with zero attached hydrogens (tertiary/aromatic N) is 2. The molecule has 2 heteroatoms. The van der Waals surface area contributed by atoms with Crippen molar-refractivity contribution < 1.29 is 0 Å². The fraction of sp³-hybridized carbons (Fsp3) is 0.520. The van der Waals surface area contributed by atoms with E-state index in [-0.39, 0.29) is 11.1 Å². The van der Waals surface area contributed by atoms with E-state index in [0.717, 1.165) is 0 Å². The van der Waals surface area contributed by atoms with Crippen LogP contribution in [0.5, 0.6) is 0 Å². The summed E-state index contributed by atoms with van der Waals surface area (Å²) in [7, 11) is 6.85. The van der Waals surface area contributed by atoms with Gasteiger partial charge in [0.2, 0.25) is 0 Å². The van der Waals surface area contributed by atoms with Gasteiger partial charge in [0.05, 0.1) is 0 Å². The monoisotopic (exact) mass is 364 g/mol. The van der Waals surface area contributed by atoms with E-state index in [1.807, 2.05) is 0 Å². The smallest absolute Gasteiger partial charge is 0.0459 e. The second-order valence-corrected chi connectivity index (χ2v) is 8.46. The molecule has 1 aliphatic rings. The Morgan fingerprint density at radius 3 is 1.59 bits per heavy atom. The molecule has 0 heterocycles. The van der Waals surface area contributed by atoms with E-state index in [0.29, 0.717) is 0 Å². The van der Waals surface area contributed by atoms with Crippen molar-refractivity contribution in [3.8, 4) is 0 Å². The predicted molar refractivity (Wildman–Crippen MR) is 116 cm³/mol. The van der Waals surface area contributed by atoms with E-state index in [1.54, 1.807) is 0 Å². The van der Waals surface area contributed by atoms with Crippen LogP contribution in [0, 0.1) is 0 Å². The number of unbranched alkanes of at least 4 members (excludes halogenated alkanes) is 1. The zero-order valence-corrected chi connectivity index (χ0v) is 17.6. The van der Waals surface area contributed by atoms with Crippen molar-refractivity contribution in [3.63, 3.8) is 0 Å². The maximum Gasteiger partial charge on any atom is 0.0459 e. The Labute approximate surface area is 166 Å². The quantitative estimate of drug-likeness (QED) is 0.627. The molecule has 1 fully saturated rings. The molecule has 1 saturated carbocycles. The first-order chi connectivity index (χ1) is 13.0. The summed E-state index contributed by atoms with van der Waals surface area (Å²) in [6, 6.07) is 22.4. The lowest BCUT2D eigenvalue weighted by molar-refractivity contribution is -0.00301. The summed E-state index contributed by atoms with van der Waals surface area (Å²) in [6.45, 7) is 3.46. The molecule has 2 nitrogen and oxygen atoms in total. The highest BCUT2D eigenvalue weighted by Crippen LogP contribution is 2.50. The van der Waals surface area contributed by atoms with Gasteiger partial charge >= 0.3 is 0 Å². The average Bonchev–Trinajstić information content (AvgIpc) is 2.73. The molecule has 0 atom stereocenters. The van der Waals surface area contributed by atoms with Gasteiger partial charge in [0.15, 0.2) is 0 Å². The Balaban J connectivity index is 1.93. The van der Waals surface area contributed by atoms with E-state index in [1.165, 1.54) is 56.2 Å². The standard InChI is InChI=1S/C25H36N2/c1-5-6-21-27(4)25(23-15-11-8-12-16-23)19-17-24(18-20-25,26(2)3)22-13-9-7-10-14-22/h7-16H,5-6,17-21H2,1-4H3. The topological polar surface area (TPSA) is 6.48 Å². The molecule has 2 aromatic carbocycles. The van der Waals surface area contributed by atoms with Gasteiger partial charge in [-0.2, -0.15) is 0 Å². The molecule has 0 bridgehead atoms. The third kappa shape index (κ3) is 3.83. The lowest BCUT2D eigenvalue weighted by atomic mass is 9.66. The van der Waals surface area contributed by atoms with E-state index in [9.17, 15) is 0 Å². The zero-order chi connectivity index (χ0) is 19.3. The van der Waals surface area contributed by atoms with Crippen LogP contribution in [-0.2, 0) is 11.1 Å². The largest absolute Gasteiger partial charge is 0.300 e. The van der Waals surface area contributed by atoms with Gasteiger partial charge in [-0.05, 0) is 70.9 Å². The molecule has 0 aromatic heterocycles. The second kappa shape index (κ2) is 8.58. The summed E-state index contributed by atoms with van der Waals surface area (Å²) in [5, 5.41) is 0. The van der Waals surface area contributed by atoms with Crippen LogP contribution < -0.4 is 0 Å². The molecule has 0 N–H and O–H groups in total. The van der Waals surface area contributed by atoms with Gasteiger partial charge in [0, 0.05) is 11.1 Å². The highest BCUT2D eigenvalue weighted by Gasteiger charge is 2.47. The fourth-order valence-electron chi connectivity index (χ4n) is 5.07. The molecule has 27 heavy (non-hydrogen) atoms. The van der Waals surface area contributed by atoms with Gasteiger partial charge in [-0.15, -0.1) is 0 Å². The molecule has 146 valence electrons. The van der Waals surface area contributed by atoms with Crippen LogP contribution in [0.2, 0.25) is 0 Å². The first-order valence-electron chi connectivity index (χ1n) is 10.5. The minimum absolute atomic E-state index is 0.144. The maximum absolute atomic E-state index is 2.65. The second-order valence-electron chi connectivity index (χ2n) is 8.46. The van der Waals surface area contributed by atoms with Crippen molar-refractivity contribution in [2.75, 3.05) is 27.7 Å². The first kappa shape index (κ1) is 20.1. The van der Waals surface area contributed by atoms with Crippen LogP contribution in [0.3, 0.4) is 0 Å². The van der Waals surface area contributed by atoms with Crippen molar-refractivity contribution in [1.29, 1.82) is 0 Å². The lowest BCUT2D eigenvalue weighted by Gasteiger charge is -2.53. The summed E-state index contributed by atoms with van der Waals surface area (Å²) in [4.78, 5) is 5.11. The predicted octanol–water partition coefficient (Wildman–Crippen LogP) is 5.64. The van der Waals surface area contributed by atoms with Gasteiger partial charge in [0.1, 0.15) is 0 Å². The average molecular weight is 365 g/mol. The molecule has 2 aromatic rings. The molecular weight excluding hydrogens is 328 g/mol. The first-order valence-corrected chi connectivity index (χ1v) is 10.5. The molecule has 0 unspecified atom stereocenters. The minimum Gasteiger partial charge on any atom is -0.300 e. The highest BCUT2D eigenvalue weighted by atomic mass is 15.2. The molecule has 3 rings (SSSR count). The molecule has 0 aliphatic heterocycles. The number of hydrogen-bond donors (Lipinski definition) is 0. The SMILES string of the molecule is CCCCN(C)C1(c2ccccc2)CCC(c2ccccc2)(N(C)C)CC1. The Hall–Kier alpha value is -1.64. The van der Waals surface area contributed by atoms with Crippen molar-refractivity contribution in [1.82, 2.24) is 9.80 Å². The van der Waals surface area contributed by atoms with Crippen molar-refractivity contribution in [2.45, 2.75) is 56.5 Å². The minimum atomic E-state index is 0.144. The molecule has 0 amide bonds. The van der Waals surface area contributed by atoms with E-state index < -0.39 is 0 Å². The summed E-state index contributed by atoms with van der Waals surface area (Å²) in [5.41, 5.74) is 3.26. The third-order valence-corrected chi connectivity index (χ3v) is 6.96. The third-order valence-electron chi connectivity index (χ3n) is 6.96. The van der Waals surface area contributed by atoms with Gasteiger partial charge in [-0.25, -0.2) is 0 Å². The maximum atomic E-state index is 2.65. The van der Waals surface area contributed by atoms with Gasteiger partial charge in [-0.3, -0.25) is 9.80 Å². The number of hydrogen-bond acceptors (Lipinski definition) is 2. The van der Waals surface area contributed by atoms with E-state index in [2.05, 4.69) is 98.5 Å². The Morgan fingerprint density at radius 2 is 1.15 bits per heavy atom. The van der Waals surface area contributed by atoms with Crippen molar-refractivity contribution in [3.05, 3.63) is 71.8 Å². The van der Waals surface area contributed by atoms with Gasteiger partial charge in [-0.1, -0.05) is 74.0 Å². The van der Waals surface area contributed by atoms with Crippen molar-refractivity contribution >= 4 is 0 Å². The Bertz CT molecular complexity index is 685. The van der Waals surface area contributed by atoms with Crippen LogP contribution in [0.15, 0.2) is 60.7 Å². The fourth-order valence-corrected chi connectivity index (χ4v) is 5.07. The molecule has 0 radical (unpaired) electrons. The lowest BCUT2D eigenvalue weighted by Crippen LogP contribution is -2.53. The molecule has 0 saturated heterocycles. The van der Waals surface area contributed by atoms with Crippen molar-refractivity contribution in [2.24, 2.45) is 0 Å². The Morgan fingerprint density at radius 1 is 0.704 bits per heavy atom. The van der Waals surface area contributed by atoms with Gasteiger partial charge in [0.25, 0.3) is 0 Å². The van der Waals surface area contributed by atoms with Crippen LogP contribution in [0.4, 0.5) is 0 Å². The number of rotatable bonds is 7. The van der Waals surface area contributed by atoms with Crippen LogP contribution in [-0.4, -0.2) is 37.5 Å². The normalized spacial score (nSPS) is 25.9. The molecule has 1 aliphatic carbocycles. The molecular formula is C25H36N2. The summed E-state index contributed by atoms with van der Waals surface area (Å²) in [5.74, 6) is 0. The Kier molecular flexibility index (Phi) is 6.39. The van der Waals surface area contributed by atoms with Crippen LogP contribution in [0.1, 0.15) is 56.6 Å². The summed E-state index contributed by atoms with van der Waals surface area (Å²) >= 11 is 0. The van der Waals surface area contributed by atoms with Crippen LogP contribution in [0.25, 0.3) is 0 Å².